The van der Waals surface area contributed by atoms with Crippen LogP contribution in [-0.4, -0.2) is 26.9 Å². The molecule has 0 saturated carbocycles. The Bertz CT molecular complexity index is 1030. The van der Waals surface area contributed by atoms with Crippen LogP contribution in [0.1, 0.15) is 35.2 Å². The van der Waals surface area contributed by atoms with Crippen LogP contribution >= 0.6 is 23.2 Å². The van der Waals surface area contributed by atoms with Crippen molar-refractivity contribution < 1.29 is 4.79 Å². The number of likely N-dealkylation sites (tertiary alicyclic amines) is 1. The minimum absolute atomic E-state index is 0.0469. The fourth-order valence-electron chi connectivity index (χ4n) is 4.02. The van der Waals surface area contributed by atoms with Gasteiger partial charge in [0.2, 0.25) is 5.91 Å². The predicted molar refractivity (Wildman–Crippen MR) is 121 cm³/mol. The molecule has 2 aromatic carbocycles. The summed E-state index contributed by atoms with van der Waals surface area (Å²) < 4.78 is 2.17. The summed E-state index contributed by atoms with van der Waals surface area (Å²) in [4.78, 5) is 19.1. The summed E-state index contributed by atoms with van der Waals surface area (Å²) >= 11 is 12.4. The van der Waals surface area contributed by atoms with Gasteiger partial charge in [0.25, 0.3) is 0 Å². The quantitative estimate of drug-likeness (QED) is 0.483. The van der Waals surface area contributed by atoms with Gasteiger partial charge in [0.15, 0.2) is 0 Å². The molecule has 0 unspecified atom stereocenters. The predicted octanol–water partition coefficient (Wildman–Crippen LogP) is 5.53. The van der Waals surface area contributed by atoms with E-state index in [1.54, 1.807) is 6.07 Å². The summed E-state index contributed by atoms with van der Waals surface area (Å²) in [5.41, 5.74) is 4.57. The first-order chi connectivity index (χ1) is 14.5. The summed E-state index contributed by atoms with van der Waals surface area (Å²) in [6.45, 7) is 4.16. The molecule has 4 rings (SSSR count). The number of aromatic nitrogens is 2. The molecule has 1 aliphatic heterocycles. The average molecular weight is 442 g/mol. The van der Waals surface area contributed by atoms with Gasteiger partial charge in [-0.25, -0.2) is 4.98 Å². The maximum Gasteiger partial charge on any atom is 0.226 e. The molecule has 0 bridgehead atoms. The zero-order valence-electron chi connectivity index (χ0n) is 17.0. The maximum absolute atomic E-state index is 12.9. The van der Waals surface area contributed by atoms with Crippen molar-refractivity contribution in [2.75, 3.05) is 6.54 Å². The lowest BCUT2D eigenvalue weighted by atomic mass is 10.0. The first-order valence-corrected chi connectivity index (χ1v) is 11.0. The van der Waals surface area contributed by atoms with Gasteiger partial charge >= 0.3 is 0 Å². The standard InChI is InChI=1S/C24H25Cl2N3O/c1-17-5-7-18(8-6-17)14-29-16-27-13-21(29)10-9-19-11-12-28(24(19)30)15-20-3-2-4-22(25)23(20)26/h2-8,13,16,19H,9-12,14-15H2,1H3/t19-/m1/s1. The Morgan fingerprint density at radius 3 is 2.70 bits per heavy atom. The number of carbonyl (C=O) groups is 1. The molecular weight excluding hydrogens is 417 g/mol. The summed E-state index contributed by atoms with van der Waals surface area (Å²) in [6, 6.07) is 14.1. The molecule has 4 nitrogen and oxygen atoms in total. The number of aryl methyl sites for hydroxylation is 2. The molecule has 1 fully saturated rings. The number of imidazole rings is 1. The van der Waals surface area contributed by atoms with E-state index in [-0.39, 0.29) is 11.8 Å². The van der Waals surface area contributed by atoms with Crippen LogP contribution < -0.4 is 0 Å². The number of rotatable bonds is 7. The van der Waals surface area contributed by atoms with Crippen LogP contribution in [-0.2, 0) is 24.3 Å². The highest BCUT2D eigenvalue weighted by atomic mass is 35.5. The number of hydrogen-bond donors (Lipinski definition) is 0. The molecular formula is C24H25Cl2N3O. The highest BCUT2D eigenvalue weighted by Gasteiger charge is 2.31. The van der Waals surface area contributed by atoms with Crippen LogP contribution in [0.3, 0.4) is 0 Å². The zero-order valence-corrected chi connectivity index (χ0v) is 18.5. The molecule has 156 valence electrons. The molecule has 1 atom stereocenters. The van der Waals surface area contributed by atoms with Crippen LogP contribution in [0.2, 0.25) is 10.0 Å². The van der Waals surface area contributed by atoms with E-state index in [0.29, 0.717) is 16.6 Å². The summed E-state index contributed by atoms with van der Waals surface area (Å²) in [7, 11) is 0. The second-order valence-electron chi connectivity index (χ2n) is 8.00. The van der Waals surface area contributed by atoms with Gasteiger partial charge in [-0.05, 0) is 43.4 Å². The lowest BCUT2D eigenvalue weighted by molar-refractivity contribution is -0.131. The van der Waals surface area contributed by atoms with Crippen molar-refractivity contribution in [1.29, 1.82) is 0 Å². The topological polar surface area (TPSA) is 38.1 Å². The van der Waals surface area contributed by atoms with Gasteiger partial charge in [-0.2, -0.15) is 0 Å². The first kappa shape index (κ1) is 21.0. The molecule has 0 spiro atoms. The summed E-state index contributed by atoms with van der Waals surface area (Å²) in [6.07, 6.45) is 6.34. The van der Waals surface area contributed by atoms with E-state index >= 15 is 0 Å². The van der Waals surface area contributed by atoms with Crippen LogP contribution in [0.15, 0.2) is 55.0 Å². The molecule has 2 heterocycles. The Balaban J connectivity index is 1.35. The van der Waals surface area contributed by atoms with Crippen molar-refractivity contribution in [3.05, 3.63) is 87.4 Å². The Morgan fingerprint density at radius 1 is 1.10 bits per heavy atom. The minimum Gasteiger partial charge on any atom is -0.338 e. The second-order valence-corrected chi connectivity index (χ2v) is 8.78. The van der Waals surface area contributed by atoms with Gasteiger partial charge in [0, 0.05) is 37.4 Å². The fourth-order valence-corrected chi connectivity index (χ4v) is 4.40. The van der Waals surface area contributed by atoms with Crippen molar-refractivity contribution in [1.82, 2.24) is 14.5 Å². The average Bonchev–Trinajstić information content (AvgIpc) is 3.32. The van der Waals surface area contributed by atoms with E-state index in [4.69, 9.17) is 23.2 Å². The second kappa shape index (κ2) is 9.23. The molecule has 0 aliphatic carbocycles. The number of benzene rings is 2. The minimum atomic E-state index is 0.0469. The summed E-state index contributed by atoms with van der Waals surface area (Å²) in [5, 5.41) is 1.06. The van der Waals surface area contributed by atoms with Crippen LogP contribution in [0, 0.1) is 12.8 Å². The molecule has 1 amide bonds. The lowest BCUT2D eigenvalue weighted by Gasteiger charge is -2.18. The first-order valence-electron chi connectivity index (χ1n) is 10.3. The number of halogens is 2. The third-order valence-electron chi connectivity index (χ3n) is 5.82. The molecule has 0 radical (unpaired) electrons. The normalized spacial score (nSPS) is 16.4. The third-order valence-corrected chi connectivity index (χ3v) is 6.68. The van der Waals surface area contributed by atoms with Crippen molar-refractivity contribution >= 4 is 29.1 Å². The smallest absolute Gasteiger partial charge is 0.226 e. The molecule has 1 aliphatic rings. The van der Waals surface area contributed by atoms with Gasteiger partial charge in [-0.3, -0.25) is 4.79 Å². The molecule has 3 aromatic rings. The third kappa shape index (κ3) is 4.71. The number of hydrogen-bond acceptors (Lipinski definition) is 2. The van der Waals surface area contributed by atoms with Gasteiger partial charge < -0.3 is 9.47 Å². The molecule has 1 aromatic heterocycles. The molecule has 6 heteroatoms. The van der Waals surface area contributed by atoms with E-state index in [1.165, 1.54) is 16.8 Å². The van der Waals surface area contributed by atoms with Crippen LogP contribution in [0.5, 0.6) is 0 Å². The number of nitrogens with zero attached hydrogens (tertiary/aromatic N) is 3. The Hall–Kier alpha value is -2.30. The van der Waals surface area contributed by atoms with E-state index in [0.717, 1.165) is 37.9 Å². The zero-order chi connectivity index (χ0) is 21.1. The monoisotopic (exact) mass is 441 g/mol. The van der Waals surface area contributed by atoms with Gasteiger partial charge in [0.1, 0.15) is 0 Å². The molecule has 30 heavy (non-hydrogen) atoms. The van der Waals surface area contributed by atoms with Crippen molar-refractivity contribution in [2.45, 2.75) is 39.3 Å². The van der Waals surface area contributed by atoms with E-state index in [2.05, 4.69) is 40.7 Å². The SMILES string of the molecule is Cc1ccc(Cn2cncc2CC[C@@H]2CCN(Cc3cccc(Cl)c3Cl)C2=O)cc1. The Kier molecular flexibility index (Phi) is 6.45. The highest BCUT2D eigenvalue weighted by molar-refractivity contribution is 6.42. The van der Waals surface area contributed by atoms with Gasteiger partial charge in [-0.1, -0.05) is 65.2 Å². The molecule has 0 N–H and O–H groups in total. The van der Waals surface area contributed by atoms with Gasteiger partial charge in [0.05, 0.1) is 16.4 Å². The van der Waals surface area contributed by atoms with Crippen LogP contribution in [0.25, 0.3) is 0 Å². The molecule has 1 saturated heterocycles. The Morgan fingerprint density at radius 2 is 1.90 bits per heavy atom. The number of carbonyl (C=O) groups excluding carboxylic acids is 1. The maximum atomic E-state index is 12.9. The van der Waals surface area contributed by atoms with Crippen molar-refractivity contribution in [2.24, 2.45) is 5.92 Å². The highest BCUT2D eigenvalue weighted by Crippen LogP contribution is 2.30. The van der Waals surface area contributed by atoms with Gasteiger partial charge in [-0.15, -0.1) is 0 Å². The number of amides is 1. The van der Waals surface area contributed by atoms with Crippen molar-refractivity contribution in [3.8, 4) is 0 Å². The van der Waals surface area contributed by atoms with Crippen molar-refractivity contribution in [3.63, 3.8) is 0 Å². The lowest BCUT2D eigenvalue weighted by Crippen LogP contribution is -2.27. The van der Waals surface area contributed by atoms with Crippen LogP contribution in [0.4, 0.5) is 0 Å². The fraction of sp³-hybridized carbons (Fsp3) is 0.333. The Labute approximate surface area is 187 Å². The summed E-state index contributed by atoms with van der Waals surface area (Å²) in [5.74, 6) is 0.251. The van der Waals surface area contributed by atoms with E-state index in [1.807, 2.05) is 29.6 Å². The largest absolute Gasteiger partial charge is 0.338 e. The van der Waals surface area contributed by atoms with E-state index in [9.17, 15) is 4.79 Å². The van der Waals surface area contributed by atoms with E-state index < -0.39 is 0 Å².